The molecule has 0 aliphatic heterocycles. The molecule has 0 heterocycles. The first kappa shape index (κ1) is 8.03. The van der Waals surface area contributed by atoms with Gasteiger partial charge in [-0.3, -0.25) is 0 Å². The molecular formula is C9H17BS. The van der Waals surface area contributed by atoms with Gasteiger partial charge in [-0.2, -0.15) is 12.6 Å². The van der Waals surface area contributed by atoms with Crippen LogP contribution in [0.2, 0.25) is 5.31 Å². The smallest absolute Gasteiger partial charge is 0.111 e. The molecule has 62 valence electrons. The number of hydrogen-bond donors (Lipinski definition) is 1. The summed E-state index contributed by atoms with van der Waals surface area (Å²) >= 11 is 4.65. The van der Waals surface area contributed by atoms with Crippen molar-refractivity contribution in [3.05, 3.63) is 0 Å². The molecule has 0 aromatic carbocycles. The fraction of sp³-hybridized carbons (Fsp3) is 1.00. The Morgan fingerprint density at radius 3 is 2.45 bits per heavy atom. The van der Waals surface area contributed by atoms with Crippen LogP contribution < -0.4 is 0 Å². The van der Waals surface area contributed by atoms with Crippen molar-refractivity contribution in [3.63, 3.8) is 0 Å². The molecule has 0 N–H and O–H groups in total. The van der Waals surface area contributed by atoms with Crippen LogP contribution in [0.5, 0.6) is 0 Å². The second-order valence-corrected chi connectivity index (χ2v) is 5.53. The minimum absolute atomic E-state index is 0.578. The molecular weight excluding hydrogens is 151 g/mol. The summed E-state index contributed by atoms with van der Waals surface area (Å²) in [4.78, 5) is 0. The zero-order valence-electron chi connectivity index (χ0n) is 7.56. The molecule has 11 heavy (non-hydrogen) atoms. The van der Waals surface area contributed by atoms with E-state index < -0.39 is 0 Å². The van der Waals surface area contributed by atoms with E-state index in [0.29, 0.717) is 16.0 Å². The minimum Gasteiger partial charge on any atom is -0.176 e. The molecule has 2 saturated carbocycles. The third-order valence-electron chi connectivity index (χ3n) is 4.43. The van der Waals surface area contributed by atoms with Gasteiger partial charge in [0, 0.05) is 5.25 Å². The number of fused-ring (bicyclic) bond motifs is 1. The van der Waals surface area contributed by atoms with Crippen LogP contribution in [0.3, 0.4) is 0 Å². The maximum absolute atomic E-state index is 4.65. The summed E-state index contributed by atoms with van der Waals surface area (Å²) in [7, 11) is 2.44. The fourth-order valence-corrected chi connectivity index (χ4v) is 3.86. The van der Waals surface area contributed by atoms with E-state index >= 15 is 0 Å². The number of hydrogen-bond acceptors (Lipinski definition) is 1. The topological polar surface area (TPSA) is 0 Å². The Kier molecular flexibility index (Phi) is 1.62. The largest absolute Gasteiger partial charge is 0.176 e. The van der Waals surface area contributed by atoms with Gasteiger partial charge in [0.2, 0.25) is 0 Å². The van der Waals surface area contributed by atoms with Crippen molar-refractivity contribution in [1.29, 1.82) is 0 Å². The van der Waals surface area contributed by atoms with Gasteiger partial charge in [-0.15, -0.1) is 0 Å². The summed E-state index contributed by atoms with van der Waals surface area (Å²) in [5, 5.41) is 1.27. The van der Waals surface area contributed by atoms with Gasteiger partial charge in [-0.25, -0.2) is 0 Å². The van der Waals surface area contributed by atoms with Crippen molar-refractivity contribution < 1.29 is 0 Å². The monoisotopic (exact) mass is 168 g/mol. The second-order valence-electron chi connectivity index (χ2n) is 4.91. The highest BCUT2D eigenvalue weighted by Gasteiger charge is 2.58. The summed E-state index contributed by atoms with van der Waals surface area (Å²) in [5.41, 5.74) is 0.650. The van der Waals surface area contributed by atoms with Crippen LogP contribution in [0.25, 0.3) is 0 Å². The Labute approximate surface area is 76.0 Å². The maximum atomic E-state index is 4.65. The summed E-state index contributed by atoms with van der Waals surface area (Å²) in [6, 6.07) is 0. The van der Waals surface area contributed by atoms with E-state index in [9.17, 15) is 0 Å². The van der Waals surface area contributed by atoms with E-state index in [2.05, 4.69) is 27.4 Å². The van der Waals surface area contributed by atoms with Crippen LogP contribution >= 0.6 is 12.6 Å². The van der Waals surface area contributed by atoms with E-state index in [1.165, 1.54) is 32.1 Å². The van der Waals surface area contributed by atoms with Gasteiger partial charge in [0.1, 0.15) is 7.85 Å². The number of rotatable bonds is 0. The van der Waals surface area contributed by atoms with Crippen LogP contribution in [0.1, 0.15) is 39.0 Å². The van der Waals surface area contributed by atoms with Gasteiger partial charge in [0.05, 0.1) is 0 Å². The minimum atomic E-state index is 0.578. The van der Waals surface area contributed by atoms with Gasteiger partial charge >= 0.3 is 0 Å². The molecule has 2 fully saturated rings. The molecule has 0 nitrogen and oxygen atoms in total. The molecule has 2 rings (SSSR count). The average molecular weight is 168 g/mol. The molecule has 0 saturated heterocycles. The molecule has 2 aliphatic carbocycles. The molecule has 2 heteroatoms. The Morgan fingerprint density at radius 1 is 1.36 bits per heavy atom. The Bertz CT molecular complexity index is 178. The van der Waals surface area contributed by atoms with Gasteiger partial charge in [0.25, 0.3) is 0 Å². The lowest BCUT2D eigenvalue weighted by molar-refractivity contribution is 0.0328. The summed E-state index contributed by atoms with van der Waals surface area (Å²) in [6.07, 6.45) is 7.10. The van der Waals surface area contributed by atoms with Crippen LogP contribution in [-0.2, 0) is 0 Å². The predicted octanol–water partition coefficient (Wildman–Crippen LogP) is 2.06. The zero-order chi connectivity index (χ0) is 8.11. The van der Waals surface area contributed by atoms with Crippen LogP contribution in [0, 0.1) is 5.41 Å². The van der Waals surface area contributed by atoms with Gasteiger partial charge in [-0.1, -0.05) is 26.2 Å². The number of thiol groups is 1. The maximum Gasteiger partial charge on any atom is 0.111 e. The zero-order valence-corrected chi connectivity index (χ0v) is 8.45. The molecule has 0 aromatic heterocycles. The quantitative estimate of drug-likeness (QED) is 0.415. The lowest BCUT2D eigenvalue weighted by Crippen LogP contribution is -2.54. The highest BCUT2D eigenvalue weighted by molar-refractivity contribution is 7.81. The highest BCUT2D eigenvalue weighted by Crippen LogP contribution is 2.69. The van der Waals surface area contributed by atoms with Gasteiger partial charge in [-0.05, 0) is 23.6 Å². The normalized spacial score (nSPS) is 56.4. The molecule has 0 radical (unpaired) electrons. The lowest BCUT2D eigenvalue weighted by Gasteiger charge is -2.63. The molecule has 3 atom stereocenters. The molecule has 0 spiro atoms. The van der Waals surface area contributed by atoms with Crippen molar-refractivity contribution in [2.24, 2.45) is 5.41 Å². The molecule has 2 aliphatic rings. The van der Waals surface area contributed by atoms with Crippen LogP contribution in [0.15, 0.2) is 0 Å². The van der Waals surface area contributed by atoms with Crippen molar-refractivity contribution in [2.45, 2.75) is 49.6 Å². The first-order valence-corrected chi connectivity index (χ1v) is 5.28. The second kappa shape index (κ2) is 2.22. The molecule has 0 amide bonds. The summed E-state index contributed by atoms with van der Waals surface area (Å²) < 4.78 is 0. The Balaban J connectivity index is 2.21. The lowest BCUT2D eigenvalue weighted by atomic mass is 9.36. The fourth-order valence-electron chi connectivity index (χ4n) is 3.02. The predicted molar refractivity (Wildman–Crippen MR) is 55.2 cm³/mol. The summed E-state index contributed by atoms with van der Waals surface area (Å²) in [5.74, 6) is 0. The van der Waals surface area contributed by atoms with Crippen molar-refractivity contribution in [3.8, 4) is 0 Å². The first-order valence-electron chi connectivity index (χ1n) is 4.77. The van der Waals surface area contributed by atoms with E-state index in [1.54, 1.807) is 0 Å². The average Bonchev–Trinajstić information content (AvgIpc) is 1.96. The molecule has 0 aromatic rings. The van der Waals surface area contributed by atoms with E-state index in [1.807, 2.05) is 0 Å². The SMILES string of the molecule is B[C@@]12CCCCC1(C)C[C@H]2S. The standard InChI is InChI=1S/C9H17BS/c1-8-4-2-3-5-9(8,10)7(11)6-8/h7,11H,2-6,10H2,1H3/t7-,8?,9-/m1/s1. The summed E-state index contributed by atoms with van der Waals surface area (Å²) in [6.45, 7) is 2.46. The van der Waals surface area contributed by atoms with Crippen molar-refractivity contribution in [2.75, 3.05) is 0 Å². The van der Waals surface area contributed by atoms with Crippen molar-refractivity contribution in [1.82, 2.24) is 0 Å². The Morgan fingerprint density at radius 2 is 2.00 bits per heavy atom. The third kappa shape index (κ3) is 0.852. The molecule has 0 bridgehead atoms. The van der Waals surface area contributed by atoms with E-state index in [4.69, 9.17) is 0 Å². The van der Waals surface area contributed by atoms with E-state index in [-0.39, 0.29) is 0 Å². The Hall–Kier alpha value is 0.415. The van der Waals surface area contributed by atoms with Crippen LogP contribution in [-0.4, -0.2) is 13.1 Å². The highest BCUT2D eigenvalue weighted by atomic mass is 32.1. The third-order valence-corrected chi connectivity index (χ3v) is 5.19. The van der Waals surface area contributed by atoms with Gasteiger partial charge in [0.15, 0.2) is 0 Å². The molecule has 1 unspecified atom stereocenters. The first-order chi connectivity index (χ1) is 5.08. The van der Waals surface area contributed by atoms with Gasteiger partial charge < -0.3 is 0 Å². The van der Waals surface area contributed by atoms with Crippen molar-refractivity contribution >= 4 is 20.5 Å². The van der Waals surface area contributed by atoms with E-state index in [0.717, 1.165) is 0 Å². The van der Waals surface area contributed by atoms with Crippen LogP contribution in [0.4, 0.5) is 0 Å².